The number of carbonyl (C=O) groups excluding carboxylic acids is 2. The Kier molecular flexibility index (Phi) is 14.5. The Bertz CT molecular complexity index is 1690. The van der Waals surface area contributed by atoms with Crippen LogP contribution in [0.25, 0.3) is 11.0 Å². The third-order valence-electron chi connectivity index (χ3n) is 8.85. The van der Waals surface area contributed by atoms with Gasteiger partial charge in [-0.2, -0.15) is 13.2 Å². The molecule has 0 bridgehead atoms. The van der Waals surface area contributed by atoms with E-state index in [1.54, 1.807) is 18.2 Å². The fourth-order valence-electron chi connectivity index (χ4n) is 5.81. The number of anilines is 3. The lowest BCUT2D eigenvalue weighted by atomic mass is 9.89. The molecule has 278 valence electrons. The summed E-state index contributed by atoms with van der Waals surface area (Å²) in [6.45, 7) is 9.76. The van der Waals surface area contributed by atoms with Crippen LogP contribution in [0.3, 0.4) is 0 Å². The van der Waals surface area contributed by atoms with E-state index in [-0.39, 0.29) is 18.5 Å². The van der Waals surface area contributed by atoms with Crippen molar-refractivity contribution >= 4 is 74.2 Å². The van der Waals surface area contributed by atoms with Gasteiger partial charge in [-0.3, -0.25) is 13.8 Å². The second-order valence-corrected chi connectivity index (χ2v) is 15.8. The van der Waals surface area contributed by atoms with Crippen LogP contribution >= 0.6 is 23.2 Å². The molecule has 2 amide bonds. The van der Waals surface area contributed by atoms with Gasteiger partial charge in [0.15, 0.2) is 0 Å². The molecule has 50 heavy (non-hydrogen) atoms. The molecule has 0 radical (unpaired) electrons. The maximum absolute atomic E-state index is 12.4. The van der Waals surface area contributed by atoms with E-state index < -0.39 is 34.2 Å². The van der Waals surface area contributed by atoms with Gasteiger partial charge in [-0.15, -0.1) is 0 Å². The number of halogens is 5. The van der Waals surface area contributed by atoms with E-state index in [9.17, 15) is 27.0 Å². The number of amides is 2. The average molecular weight is 762 g/mol. The number of alkyl halides is 3. The summed E-state index contributed by atoms with van der Waals surface area (Å²) in [6.07, 6.45) is 0.0371. The van der Waals surface area contributed by atoms with Gasteiger partial charge in [0, 0.05) is 54.4 Å². The molecule has 2 unspecified atom stereocenters. The fraction of sp³-hybridized carbons (Fsp3) is 0.571. The van der Waals surface area contributed by atoms with E-state index in [4.69, 9.17) is 28.9 Å². The van der Waals surface area contributed by atoms with E-state index in [0.717, 1.165) is 31.2 Å². The summed E-state index contributed by atoms with van der Waals surface area (Å²) < 4.78 is 49.6. The van der Waals surface area contributed by atoms with Crippen LogP contribution in [0.15, 0.2) is 24.3 Å². The monoisotopic (exact) mass is 760 g/mol. The average Bonchev–Trinajstić information content (AvgIpc) is 3.64. The van der Waals surface area contributed by atoms with Gasteiger partial charge in [-0.05, 0) is 43.0 Å². The van der Waals surface area contributed by atoms with Crippen LogP contribution in [0.2, 0.25) is 10.0 Å². The molecule has 15 heteroatoms. The molecule has 1 aromatic heterocycles. The van der Waals surface area contributed by atoms with Crippen molar-refractivity contribution in [3.8, 4) is 0 Å². The molecule has 2 atom stereocenters. The summed E-state index contributed by atoms with van der Waals surface area (Å²) in [6, 6.07) is 7.07. The number of rotatable bonds is 7. The van der Waals surface area contributed by atoms with Gasteiger partial charge in [0.05, 0.1) is 43.9 Å². The molecule has 0 spiro atoms. The van der Waals surface area contributed by atoms with E-state index in [1.807, 2.05) is 64.2 Å². The number of hydrogen-bond acceptors (Lipinski definition) is 6. The van der Waals surface area contributed by atoms with Crippen molar-refractivity contribution in [1.82, 2.24) is 14.9 Å². The molecular weight excluding hydrogens is 712 g/mol. The van der Waals surface area contributed by atoms with Gasteiger partial charge in [0.1, 0.15) is 0 Å². The van der Waals surface area contributed by atoms with Crippen LogP contribution in [-0.4, -0.2) is 56.3 Å². The highest BCUT2D eigenvalue weighted by molar-refractivity contribution is 7.85. The van der Waals surface area contributed by atoms with Crippen molar-refractivity contribution in [3.05, 3.63) is 45.4 Å². The number of hydrogen-bond donors (Lipinski definition) is 3. The summed E-state index contributed by atoms with van der Waals surface area (Å²) in [7, 11) is 2.86. The number of nitrogens with one attached hydrogen (secondary N) is 2. The van der Waals surface area contributed by atoms with Gasteiger partial charge in [0.2, 0.25) is 11.9 Å². The highest BCUT2D eigenvalue weighted by Gasteiger charge is 2.39. The lowest BCUT2D eigenvalue weighted by molar-refractivity contribution is -0.181. The zero-order chi connectivity index (χ0) is 37.6. The van der Waals surface area contributed by atoms with Crippen LogP contribution < -0.4 is 21.3 Å². The Hall–Kier alpha value is -3.03. The zero-order valence-corrected chi connectivity index (χ0v) is 32.1. The lowest BCUT2D eigenvalue weighted by Crippen LogP contribution is -2.34. The quantitative estimate of drug-likeness (QED) is 0.222. The van der Waals surface area contributed by atoms with Crippen molar-refractivity contribution in [2.24, 2.45) is 24.1 Å². The molecule has 3 aromatic rings. The molecule has 1 aliphatic heterocycles. The van der Waals surface area contributed by atoms with Crippen molar-refractivity contribution in [3.63, 3.8) is 0 Å². The van der Waals surface area contributed by atoms with Crippen LogP contribution in [0.4, 0.5) is 30.5 Å². The maximum Gasteiger partial charge on any atom is 0.391 e. The minimum Gasteiger partial charge on any atom is -0.370 e. The summed E-state index contributed by atoms with van der Waals surface area (Å²) in [5, 5.41) is 6.88. The number of aryl methyl sites for hydroxylation is 1. The second-order valence-electron chi connectivity index (χ2n) is 13.4. The Morgan fingerprint density at radius 2 is 1.72 bits per heavy atom. The number of aromatic nitrogens is 2. The zero-order valence-electron chi connectivity index (χ0n) is 29.8. The number of nitrogens with two attached hydrogens (primary N) is 1. The predicted molar refractivity (Wildman–Crippen MR) is 199 cm³/mol. The number of imidazole rings is 1. The van der Waals surface area contributed by atoms with Gasteiger partial charge >= 0.3 is 6.18 Å². The number of nitrogens with zero attached hydrogens (tertiary/aromatic N) is 3. The number of benzene rings is 2. The Balaban J connectivity index is 0.000000479. The van der Waals surface area contributed by atoms with Crippen molar-refractivity contribution < 1.29 is 27.0 Å². The lowest BCUT2D eigenvalue weighted by Gasteiger charge is -2.27. The normalized spacial score (nSPS) is 18.1. The molecule has 1 aliphatic carbocycles. The second kappa shape index (κ2) is 17.5. The van der Waals surface area contributed by atoms with Gasteiger partial charge < -0.3 is 25.8 Å². The van der Waals surface area contributed by atoms with Crippen LogP contribution in [0.5, 0.6) is 0 Å². The Morgan fingerprint density at radius 3 is 2.24 bits per heavy atom. The number of primary amides is 1. The topological polar surface area (TPSA) is 122 Å². The number of fused-ring (bicyclic) bond motifs is 1. The highest BCUT2D eigenvalue weighted by atomic mass is 35.5. The highest BCUT2D eigenvalue weighted by Crippen LogP contribution is 2.38. The summed E-state index contributed by atoms with van der Waals surface area (Å²) in [5.41, 5.74) is 8.69. The molecule has 9 nitrogen and oxygen atoms in total. The summed E-state index contributed by atoms with van der Waals surface area (Å²) in [5.74, 6) is -0.0109. The molecule has 2 heterocycles. The molecular formula is C35H49Cl2F3N6O3S. The SMILES string of the molecule is CC.CN(c1cc2c(cc1C(N)=O)nc(Nc1c(Cl)ccc(CNC(=O)C(C)(C)C)c1Cl)n2C)C1CCS(=O)C1.FC(F)(F)C1CCCCC1. The van der Waals surface area contributed by atoms with E-state index in [2.05, 4.69) is 15.6 Å². The Labute approximate surface area is 305 Å². The van der Waals surface area contributed by atoms with E-state index >= 15 is 0 Å². The predicted octanol–water partition coefficient (Wildman–Crippen LogP) is 8.50. The fourth-order valence-corrected chi connectivity index (χ4v) is 7.86. The molecule has 1 saturated carbocycles. The first-order chi connectivity index (χ1) is 23.4. The molecule has 2 fully saturated rings. The maximum atomic E-state index is 12.4. The standard InChI is InChI=1S/C26H32Cl2N6O3S.C7H11F3.C2H6/c1-26(2,3)24(36)30-12-14-6-7-17(27)22(21(14)28)32-25-31-18-10-16(23(29)35)19(11-20(18)34(25)5)33(4)15-8-9-38(37)13-15;8-7(9,10)6-4-2-1-3-5-6;1-2/h6-7,10-11,15H,8-9,12-13H2,1-5H3,(H2,29,35)(H,30,36)(H,31,32);6H,1-5H2;1-2H3. The minimum absolute atomic E-state index is 0.0522. The van der Waals surface area contributed by atoms with Crippen molar-refractivity contribution in [1.29, 1.82) is 0 Å². The van der Waals surface area contributed by atoms with Crippen molar-refractivity contribution in [2.75, 3.05) is 28.8 Å². The summed E-state index contributed by atoms with van der Waals surface area (Å²) >= 11 is 13.2. The molecule has 1 saturated heterocycles. The van der Waals surface area contributed by atoms with Crippen LogP contribution in [0, 0.1) is 11.3 Å². The van der Waals surface area contributed by atoms with Gasteiger partial charge in [-0.1, -0.05) is 83.1 Å². The minimum atomic E-state index is -3.93. The van der Waals surface area contributed by atoms with Gasteiger partial charge in [0.25, 0.3) is 5.91 Å². The van der Waals surface area contributed by atoms with Crippen LogP contribution in [-0.2, 0) is 29.2 Å². The first-order valence-electron chi connectivity index (χ1n) is 16.9. The van der Waals surface area contributed by atoms with Gasteiger partial charge in [-0.25, -0.2) is 4.98 Å². The van der Waals surface area contributed by atoms with Crippen LogP contribution in [0.1, 0.15) is 89.1 Å². The van der Waals surface area contributed by atoms with E-state index in [0.29, 0.717) is 68.4 Å². The molecule has 5 rings (SSSR count). The smallest absolute Gasteiger partial charge is 0.370 e. The van der Waals surface area contributed by atoms with Crippen molar-refractivity contribution in [2.45, 2.75) is 91.9 Å². The number of carbonyl (C=O) groups is 2. The third-order valence-corrected chi connectivity index (χ3v) is 11.0. The summed E-state index contributed by atoms with van der Waals surface area (Å²) in [4.78, 5) is 31.3. The third kappa shape index (κ3) is 10.3. The first kappa shape index (κ1) is 41.4. The molecule has 4 N–H and O–H groups in total. The molecule has 2 aliphatic rings. The Morgan fingerprint density at radius 1 is 1.08 bits per heavy atom. The first-order valence-corrected chi connectivity index (χ1v) is 19.1. The largest absolute Gasteiger partial charge is 0.391 e. The van der Waals surface area contributed by atoms with E-state index in [1.165, 1.54) is 0 Å². The molecule has 2 aromatic carbocycles.